The molecule has 28 heavy (non-hydrogen) atoms. The van der Waals surface area contributed by atoms with E-state index >= 15 is 0 Å². The summed E-state index contributed by atoms with van der Waals surface area (Å²) in [6, 6.07) is 15.9. The van der Waals surface area contributed by atoms with Gasteiger partial charge < -0.3 is 0 Å². The number of carbonyl (C=O) groups is 2. The van der Waals surface area contributed by atoms with Crippen molar-refractivity contribution in [2.24, 2.45) is 10.2 Å². The predicted molar refractivity (Wildman–Crippen MR) is 102 cm³/mol. The standard InChI is InChI=1S/C20H18N2O5Se/c1-13-9-12-18(28-13)20(27-14(2)23,22-21-15-7-5-4-6-8-15)17-11-10-16(26-17)19(24)25-3/h4-12H,1-3H3. The molecule has 144 valence electrons. The van der Waals surface area contributed by atoms with Crippen LogP contribution in [0.2, 0.25) is 0 Å². The molecule has 0 saturated heterocycles. The SMILES string of the molecule is COC(=O)c1ccc(C(N=Nc2ccccc2)(OC(C)=O)c2ccc(C)[se]2)o1. The molecule has 0 amide bonds. The Kier molecular flexibility index (Phi) is 5.92. The Labute approximate surface area is 167 Å². The van der Waals surface area contributed by atoms with Gasteiger partial charge in [0.1, 0.15) is 0 Å². The number of nitrogens with zero attached hydrogens (tertiary/aromatic N) is 2. The average Bonchev–Trinajstić information content (AvgIpc) is 3.35. The Hall–Kier alpha value is -2.96. The summed E-state index contributed by atoms with van der Waals surface area (Å²) < 4.78 is 17.9. The fourth-order valence-electron chi connectivity index (χ4n) is 2.52. The number of ether oxygens (including phenoxy) is 2. The van der Waals surface area contributed by atoms with Gasteiger partial charge >= 0.3 is 168 Å². The van der Waals surface area contributed by atoms with Gasteiger partial charge in [0.15, 0.2) is 0 Å². The molecule has 0 radical (unpaired) electrons. The van der Waals surface area contributed by atoms with Crippen LogP contribution < -0.4 is 0 Å². The van der Waals surface area contributed by atoms with Crippen molar-refractivity contribution in [1.82, 2.24) is 0 Å². The Morgan fingerprint density at radius 1 is 1.07 bits per heavy atom. The number of esters is 2. The van der Waals surface area contributed by atoms with Gasteiger partial charge in [-0.2, -0.15) is 0 Å². The normalized spacial score (nSPS) is 13.2. The molecule has 2 heterocycles. The Morgan fingerprint density at radius 2 is 1.82 bits per heavy atom. The van der Waals surface area contributed by atoms with Crippen LogP contribution in [0.5, 0.6) is 0 Å². The Balaban J connectivity index is 2.17. The topological polar surface area (TPSA) is 90.5 Å². The van der Waals surface area contributed by atoms with Crippen LogP contribution in [0, 0.1) is 6.92 Å². The number of azo groups is 1. The summed E-state index contributed by atoms with van der Waals surface area (Å²) in [6.45, 7) is 3.28. The zero-order valence-corrected chi connectivity index (χ0v) is 17.3. The monoisotopic (exact) mass is 446 g/mol. The second kappa shape index (κ2) is 8.37. The van der Waals surface area contributed by atoms with Crippen LogP contribution in [-0.4, -0.2) is 33.6 Å². The van der Waals surface area contributed by atoms with E-state index in [0.717, 1.165) is 8.87 Å². The molecule has 7 nitrogen and oxygen atoms in total. The van der Waals surface area contributed by atoms with Gasteiger partial charge in [-0.1, -0.05) is 0 Å². The molecule has 0 bridgehead atoms. The van der Waals surface area contributed by atoms with Crippen molar-refractivity contribution in [2.45, 2.75) is 19.6 Å². The van der Waals surface area contributed by atoms with Gasteiger partial charge in [0.05, 0.1) is 0 Å². The molecule has 0 N–H and O–H groups in total. The van der Waals surface area contributed by atoms with Gasteiger partial charge in [-0.25, -0.2) is 0 Å². The summed E-state index contributed by atoms with van der Waals surface area (Å²) in [5.74, 6) is -1.02. The van der Waals surface area contributed by atoms with Gasteiger partial charge in [-0.05, 0) is 0 Å². The minimum atomic E-state index is -1.60. The molecule has 3 rings (SSSR count). The molecule has 0 aliphatic heterocycles. The van der Waals surface area contributed by atoms with Gasteiger partial charge in [0, 0.05) is 0 Å². The number of hydrogen-bond acceptors (Lipinski definition) is 7. The van der Waals surface area contributed by atoms with Crippen LogP contribution in [0.4, 0.5) is 5.69 Å². The second-order valence-corrected chi connectivity index (χ2v) is 8.54. The van der Waals surface area contributed by atoms with Crippen molar-refractivity contribution < 1.29 is 23.5 Å². The van der Waals surface area contributed by atoms with Crippen LogP contribution in [0.15, 0.2) is 69.2 Å². The number of methoxy groups -OCH3 is 1. The Bertz CT molecular complexity index is 1010. The number of aryl methyl sites for hydroxylation is 1. The fraction of sp³-hybridized carbons (Fsp3) is 0.200. The molecule has 0 aliphatic rings. The molecular formula is C20H18N2O5Se. The van der Waals surface area contributed by atoms with E-state index in [2.05, 4.69) is 10.2 Å². The molecule has 0 spiro atoms. The van der Waals surface area contributed by atoms with E-state index in [1.54, 1.807) is 18.2 Å². The van der Waals surface area contributed by atoms with Crippen LogP contribution in [0.1, 0.15) is 32.1 Å². The summed E-state index contributed by atoms with van der Waals surface area (Å²) in [6.07, 6.45) is 0. The Morgan fingerprint density at radius 3 is 2.43 bits per heavy atom. The minimum absolute atomic E-state index is 0.0142. The number of furan rings is 1. The van der Waals surface area contributed by atoms with Crippen LogP contribution in [0.25, 0.3) is 0 Å². The van der Waals surface area contributed by atoms with E-state index in [-0.39, 0.29) is 26.0 Å². The molecule has 0 saturated carbocycles. The maximum absolute atomic E-state index is 12.0. The molecule has 0 aliphatic carbocycles. The zero-order valence-electron chi connectivity index (χ0n) is 15.5. The van der Waals surface area contributed by atoms with Gasteiger partial charge in [-0.3, -0.25) is 0 Å². The molecular weight excluding hydrogens is 427 g/mol. The summed E-state index contributed by atoms with van der Waals surface area (Å²) in [7, 11) is 1.26. The molecule has 8 heteroatoms. The molecule has 2 aromatic heterocycles. The average molecular weight is 445 g/mol. The molecule has 0 fully saturated rings. The third-order valence-electron chi connectivity index (χ3n) is 3.75. The molecule has 1 atom stereocenters. The van der Waals surface area contributed by atoms with E-state index in [0.29, 0.717) is 5.69 Å². The molecule has 3 aromatic rings. The van der Waals surface area contributed by atoms with Crippen LogP contribution in [-0.2, 0) is 20.0 Å². The third-order valence-corrected chi connectivity index (χ3v) is 6.04. The van der Waals surface area contributed by atoms with Crippen molar-refractivity contribution >= 4 is 32.1 Å². The first-order chi connectivity index (χ1) is 13.4. The van der Waals surface area contributed by atoms with Crippen LogP contribution >= 0.6 is 0 Å². The number of benzene rings is 1. The number of hydrogen-bond donors (Lipinski definition) is 0. The van der Waals surface area contributed by atoms with Gasteiger partial charge in [0.25, 0.3) is 0 Å². The summed E-state index contributed by atoms with van der Waals surface area (Å²) in [5, 5.41) is 8.67. The van der Waals surface area contributed by atoms with Crippen molar-refractivity contribution in [2.75, 3.05) is 7.11 Å². The number of rotatable bonds is 6. The van der Waals surface area contributed by atoms with E-state index in [1.165, 1.54) is 20.1 Å². The maximum atomic E-state index is 12.0. The summed E-state index contributed by atoms with van der Waals surface area (Å²) >= 11 is -0.122. The van der Waals surface area contributed by atoms with Crippen molar-refractivity contribution in [1.29, 1.82) is 0 Å². The third kappa shape index (κ3) is 4.13. The predicted octanol–water partition coefficient (Wildman–Crippen LogP) is 3.98. The van der Waals surface area contributed by atoms with Crippen LogP contribution in [0.3, 0.4) is 0 Å². The van der Waals surface area contributed by atoms with Gasteiger partial charge in [-0.15, -0.1) is 0 Å². The van der Waals surface area contributed by atoms with Crippen molar-refractivity contribution in [3.8, 4) is 0 Å². The second-order valence-electron chi connectivity index (χ2n) is 5.84. The fourth-order valence-corrected chi connectivity index (χ4v) is 4.49. The van der Waals surface area contributed by atoms with E-state index in [4.69, 9.17) is 13.9 Å². The van der Waals surface area contributed by atoms with Crippen molar-refractivity contribution in [3.63, 3.8) is 0 Å². The molecule has 1 unspecified atom stereocenters. The first kappa shape index (κ1) is 19.8. The quantitative estimate of drug-likeness (QED) is 0.325. The number of carbonyl (C=O) groups excluding carboxylic acids is 2. The molecule has 1 aromatic carbocycles. The summed E-state index contributed by atoms with van der Waals surface area (Å²) in [5.41, 5.74) is -1.00. The summed E-state index contributed by atoms with van der Waals surface area (Å²) in [4.78, 5) is 23.8. The van der Waals surface area contributed by atoms with E-state index in [9.17, 15) is 9.59 Å². The first-order valence-corrected chi connectivity index (χ1v) is 10.1. The van der Waals surface area contributed by atoms with E-state index < -0.39 is 17.7 Å². The van der Waals surface area contributed by atoms with Crippen molar-refractivity contribution in [3.05, 3.63) is 75.0 Å². The first-order valence-electron chi connectivity index (χ1n) is 8.37. The zero-order chi connectivity index (χ0) is 20.1. The van der Waals surface area contributed by atoms with Gasteiger partial charge in [0.2, 0.25) is 0 Å². The van der Waals surface area contributed by atoms with E-state index in [1.807, 2.05) is 37.3 Å².